The first-order chi connectivity index (χ1) is 18.6. The average molecular weight is 415 g/mol. The van der Waals surface area contributed by atoms with Gasteiger partial charge in [-0.05, 0) is 42.1 Å². The lowest BCUT2D eigenvalue weighted by Gasteiger charge is -2.22. The third kappa shape index (κ3) is 2.35. The summed E-state index contributed by atoms with van der Waals surface area (Å²) in [6, 6.07) is 13.6. The minimum Gasteiger partial charge on any atom is -0.437 e. The van der Waals surface area contributed by atoms with E-state index in [-0.39, 0.29) is 22.4 Å². The van der Waals surface area contributed by atoms with E-state index in [1.165, 1.54) is 6.20 Å². The van der Waals surface area contributed by atoms with Gasteiger partial charge in [0, 0.05) is 46.5 Å². The molecular weight excluding hydrogens is 380 g/mol. The molecule has 3 aromatic heterocycles. The van der Waals surface area contributed by atoms with Crippen LogP contribution in [0.5, 0.6) is 0 Å². The van der Waals surface area contributed by atoms with Gasteiger partial charge >= 0.3 is 0 Å². The van der Waals surface area contributed by atoms with Crippen LogP contribution in [0, 0.1) is 13.8 Å². The molecule has 0 bridgehead atoms. The standard InChI is InChI=1S/C28H25N2O/c1-16-10-13-22(30(5)15-16)23-17(2)11-12-19-24-25-20(14-29-27(24)31-26(19)23)18-8-6-7-9-21(18)28(25,3)4/h6-15H,1-5H3/q+1/i1D3,3D3,4D3. The monoisotopic (exact) mass is 414 g/mol. The molecule has 31 heavy (non-hydrogen) atoms. The lowest BCUT2D eigenvalue weighted by molar-refractivity contribution is -0.660. The molecule has 1 aliphatic carbocycles. The second kappa shape index (κ2) is 6.04. The third-order valence-electron chi connectivity index (χ3n) is 6.26. The van der Waals surface area contributed by atoms with E-state index in [1.807, 2.05) is 13.0 Å². The zero-order chi connectivity index (χ0) is 29.0. The van der Waals surface area contributed by atoms with E-state index >= 15 is 0 Å². The molecule has 5 aromatic rings. The predicted molar refractivity (Wildman–Crippen MR) is 125 cm³/mol. The number of aromatic nitrogens is 2. The Kier molecular flexibility index (Phi) is 2.19. The Morgan fingerprint density at radius 2 is 1.90 bits per heavy atom. The number of nitrogens with zero attached hydrogens (tertiary/aromatic N) is 2. The van der Waals surface area contributed by atoms with Crippen LogP contribution >= 0.6 is 0 Å². The Labute approximate surface area is 194 Å². The Hall–Kier alpha value is -3.46. The van der Waals surface area contributed by atoms with E-state index in [1.54, 1.807) is 60.3 Å². The topological polar surface area (TPSA) is 29.9 Å². The van der Waals surface area contributed by atoms with Gasteiger partial charge in [0.05, 0.1) is 10.9 Å². The second-order valence-electron chi connectivity index (χ2n) is 8.17. The zero-order valence-electron chi connectivity index (χ0n) is 26.1. The summed E-state index contributed by atoms with van der Waals surface area (Å²) in [5.41, 5.74) is 1.96. The molecule has 0 saturated heterocycles. The van der Waals surface area contributed by atoms with Crippen LogP contribution in [0.25, 0.3) is 44.5 Å². The molecule has 0 unspecified atom stereocenters. The van der Waals surface area contributed by atoms with Gasteiger partial charge in [-0.3, -0.25) is 0 Å². The van der Waals surface area contributed by atoms with Crippen LogP contribution in [0.3, 0.4) is 0 Å². The lowest BCUT2D eigenvalue weighted by atomic mass is 9.81. The molecule has 152 valence electrons. The maximum Gasteiger partial charge on any atom is 0.227 e. The fraction of sp³-hybridized carbons (Fsp3) is 0.214. The molecule has 0 N–H and O–H groups in total. The molecular formula is C28H25N2O+. The van der Waals surface area contributed by atoms with Crippen molar-refractivity contribution in [3.05, 3.63) is 83.2 Å². The van der Waals surface area contributed by atoms with Gasteiger partial charge in [-0.2, -0.15) is 0 Å². The number of hydrogen-bond donors (Lipinski definition) is 0. The number of fused-ring (bicyclic) bond motifs is 7. The van der Waals surface area contributed by atoms with E-state index in [9.17, 15) is 0 Å². The van der Waals surface area contributed by atoms with Gasteiger partial charge in [-0.25, -0.2) is 9.55 Å². The summed E-state index contributed by atoms with van der Waals surface area (Å²) in [5.74, 6) is 0. The highest BCUT2D eigenvalue weighted by Gasteiger charge is 2.38. The zero-order valence-corrected chi connectivity index (χ0v) is 17.1. The summed E-state index contributed by atoms with van der Waals surface area (Å²) >= 11 is 0. The van der Waals surface area contributed by atoms with Crippen LogP contribution in [0.2, 0.25) is 0 Å². The van der Waals surface area contributed by atoms with Crippen LogP contribution < -0.4 is 4.57 Å². The molecule has 0 fully saturated rings. The predicted octanol–water partition coefficient (Wildman–Crippen LogP) is 6.40. The normalized spacial score (nSPS) is 19.7. The summed E-state index contributed by atoms with van der Waals surface area (Å²) in [7, 11) is 1.74. The Balaban J connectivity index is 1.76. The third-order valence-corrected chi connectivity index (χ3v) is 6.26. The molecule has 3 heterocycles. The van der Waals surface area contributed by atoms with Crippen molar-refractivity contribution in [1.82, 2.24) is 4.98 Å². The summed E-state index contributed by atoms with van der Waals surface area (Å²) in [6.07, 6.45) is 3.04. The number of benzene rings is 2. The number of aryl methyl sites for hydroxylation is 3. The molecule has 3 nitrogen and oxygen atoms in total. The number of rotatable bonds is 1. The van der Waals surface area contributed by atoms with Crippen LogP contribution in [0.15, 0.2) is 65.3 Å². The number of pyridine rings is 2. The van der Waals surface area contributed by atoms with Crippen LogP contribution in [0.1, 0.15) is 48.3 Å². The van der Waals surface area contributed by atoms with Gasteiger partial charge in [0.2, 0.25) is 11.4 Å². The molecule has 0 amide bonds. The molecule has 3 heteroatoms. The fourth-order valence-corrected chi connectivity index (χ4v) is 4.86. The molecule has 0 aliphatic heterocycles. The molecule has 0 saturated carbocycles. The Bertz CT molecular complexity index is 1830. The number of furan rings is 1. The first-order valence-corrected chi connectivity index (χ1v) is 10.0. The van der Waals surface area contributed by atoms with Crippen LogP contribution in [-0.4, -0.2) is 4.98 Å². The molecule has 6 rings (SSSR count). The highest BCUT2D eigenvalue weighted by molar-refractivity contribution is 6.13. The van der Waals surface area contributed by atoms with Gasteiger partial charge in [0.25, 0.3) is 0 Å². The van der Waals surface area contributed by atoms with Crippen molar-refractivity contribution in [2.45, 2.75) is 32.9 Å². The van der Waals surface area contributed by atoms with Crippen molar-refractivity contribution in [2.24, 2.45) is 7.05 Å². The molecule has 2 aromatic carbocycles. The minimum absolute atomic E-state index is 0.132. The minimum atomic E-state index is -2.93. The summed E-state index contributed by atoms with van der Waals surface area (Å²) < 4.78 is 83.0. The van der Waals surface area contributed by atoms with E-state index in [2.05, 4.69) is 4.98 Å². The van der Waals surface area contributed by atoms with Crippen molar-refractivity contribution in [3.63, 3.8) is 0 Å². The average Bonchev–Trinajstić information content (AvgIpc) is 3.37. The quantitative estimate of drug-likeness (QED) is 0.297. The van der Waals surface area contributed by atoms with Crippen molar-refractivity contribution in [3.8, 4) is 22.4 Å². The van der Waals surface area contributed by atoms with Crippen molar-refractivity contribution < 1.29 is 21.3 Å². The van der Waals surface area contributed by atoms with Crippen molar-refractivity contribution in [1.29, 1.82) is 0 Å². The smallest absolute Gasteiger partial charge is 0.227 e. The van der Waals surface area contributed by atoms with Gasteiger partial charge in [0.1, 0.15) is 7.05 Å². The van der Waals surface area contributed by atoms with E-state index in [0.717, 1.165) is 5.56 Å². The first-order valence-electron chi connectivity index (χ1n) is 14.5. The molecule has 1 aliphatic rings. The molecule has 0 atom stereocenters. The van der Waals surface area contributed by atoms with E-state index in [4.69, 9.17) is 16.8 Å². The van der Waals surface area contributed by atoms with Gasteiger partial charge in [-0.1, -0.05) is 50.1 Å². The highest BCUT2D eigenvalue weighted by atomic mass is 16.3. The maximum absolute atomic E-state index is 8.61. The maximum atomic E-state index is 8.61. The van der Waals surface area contributed by atoms with Crippen LogP contribution in [0.4, 0.5) is 0 Å². The SMILES string of the molecule is [2H]C([2H])([2H])c1ccc(-c2c(C)ccc3c2oc2ncc4c(c23)C(C([2H])([2H])[2H])(C([2H])([2H])[2H])c2ccccc2-4)[n+](C)c1. The number of hydrogen-bond acceptors (Lipinski definition) is 2. The van der Waals surface area contributed by atoms with Crippen LogP contribution in [-0.2, 0) is 12.5 Å². The summed E-state index contributed by atoms with van der Waals surface area (Å²) in [5, 5.41) is 0.879. The molecule has 0 radical (unpaired) electrons. The highest BCUT2D eigenvalue weighted by Crippen LogP contribution is 2.52. The van der Waals surface area contributed by atoms with E-state index < -0.39 is 26.0 Å². The summed E-state index contributed by atoms with van der Waals surface area (Å²) in [4.78, 5) is 4.54. The largest absolute Gasteiger partial charge is 0.437 e. The second-order valence-corrected chi connectivity index (χ2v) is 8.17. The molecule has 0 spiro atoms. The fourth-order valence-electron chi connectivity index (χ4n) is 4.86. The Morgan fingerprint density at radius 1 is 1.03 bits per heavy atom. The van der Waals surface area contributed by atoms with E-state index in [0.29, 0.717) is 38.7 Å². The Morgan fingerprint density at radius 3 is 2.71 bits per heavy atom. The van der Waals surface area contributed by atoms with Gasteiger partial charge in [-0.15, -0.1) is 0 Å². The summed E-state index contributed by atoms with van der Waals surface area (Å²) in [6.45, 7) is -6.24. The first kappa shape index (κ1) is 11.2. The van der Waals surface area contributed by atoms with Crippen molar-refractivity contribution >= 4 is 22.1 Å². The van der Waals surface area contributed by atoms with Gasteiger partial charge in [0.15, 0.2) is 11.8 Å². The van der Waals surface area contributed by atoms with Crippen molar-refractivity contribution in [2.75, 3.05) is 0 Å². The lowest BCUT2D eigenvalue weighted by Crippen LogP contribution is -2.31. The van der Waals surface area contributed by atoms with Gasteiger partial charge < -0.3 is 4.42 Å².